The average molecular weight is 238 g/mol. The minimum atomic E-state index is -0.816. The Labute approximate surface area is 103 Å². The van der Waals surface area contributed by atoms with Crippen molar-refractivity contribution in [2.24, 2.45) is 0 Å². The van der Waals surface area contributed by atoms with Crippen LogP contribution < -0.4 is 0 Å². The Morgan fingerprint density at radius 2 is 1.94 bits per heavy atom. The van der Waals surface area contributed by atoms with Gasteiger partial charge in [-0.05, 0) is 18.3 Å². The van der Waals surface area contributed by atoms with E-state index in [-0.39, 0.29) is 0 Å². The lowest BCUT2D eigenvalue weighted by molar-refractivity contribution is -0.218. The van der Waals surface area contributed by atoms with Crippen molar-refractivity contribution in [2.75, 3.05) is 33.5 Å². The summed E-state index contributed by atoms with van der Waals surface area (Å²) in [4.78, 5) is 0. The predicted molar refractivity (Wildman–Crippen MR) is 62.9 cm³/mol. The Kier molecular flexibility index (Phi) is 6.50. The second kappa shape index (κ2) is 7.97. The van der Waals surface area contributed by atoms with Crippen LogP contribution in [-0.2, 0) is 18.9 Å². The number of hydrogen-bond acceptors (Lipinski definition) is 4. The minimum absolute atomic E-state index is 0.548. The fraction of sp³-hybridized carbons (Fsp3) is 0.692. The highest BCUT2D eigenvalue weighted by Gasteiger charge is 2.26. The summed E-state index contributed by atoms with van der Waals surface area (Å²) >= 11 is 0. The van der Waals surface area contributed by atoms with E-state index in [1.54, 1.807) is 14.0 Å². The molecular weight excluding hydrogens is 220 g/mol. The zero-order valence-electron chi connectivity index (χ0n) is 10.4. The Balaban J connectivity index is 2.22. The van der Waals surface area contributed by atoms with Gasteiger partial charge in [-0.25, -0.2) is 0 Å². The first-order chi connectivity index (χ1) is 8.27. The van der Waals surface area contributed by atoms with Crippen molar-refractivity contribution in [2.45, 2.75) is 25.6 Å². The quantitative estimate of drug-likeness (QED) is 0.544. The average Bonchev–Trinajstić information content (AvgIpc) is 2.33. The van der Waals surface area contributed by atoms with Gasteiger partial charge in [0.05, 0.1) is 13.2 Å². The second-order valence-electron chi connectivity index (χ2n) is 3.67. The number of methoxy groups -OCH3 is 1. The molecule has 1 fully saturated rings. The molecule has 0 aliphatic carbocycles. The molecule has 0 aromatic heterocycles. The Hall–Kier alpha value is -1.20. The van der Waals surface area contributed by atoms with Crippen molar-refractivity contribution in [3.8, 4) is 23.9 Å². The van der Waals surface area contributed by atoms with Gasteiger partial charge in [-0.3, -0.25) is 0 Å². The largest absolute Gasteiger partial charge is 0.446 e. The van der Waals surface area contributed by atoms with E-state index in [9.17, 15) is 0 Å². The van der Waals surface area contributed by atoms with Gasteiger partial charge in [-0.2, -0.15) is 0 Å². The third kappa shape index (κ3) is 6.19. The van der Waals surface area contributed by atoms with Crippen LogP contribution in [0.25, 0.3) is 0 Å². The van der Waals surface area contributed by atoms with Crippen molar-refractivity contribution >= 4 is 0 Å². The lowest BCUT2D eigenvalue weighted by Gasteiger charge is -2.28. The molecule has 1 rings (SSSR count). The molecule has 1 aliphatic heterocycles. The molecule has 0 amide bonds. The molecule has 0 bridgehead atoms. The molecule has 0 unspecified atom stereocenters. The number of rotatable bonds is 4. The van der Waals surface area contributed by atoms with E-state index in [4.69, 9.17) is 18.9 Å². The van der Waals surface area contributed by atoms with Gasteiger partial charge >= 0.3 is 0 Å². The summed E-state index contributed by atoms with van der Waals surface area (Å²) in [5.74, 6) is 7.28. The van der Waals surface area contributed by atoms with Crippen molar-refractivity contribution < 1.29 is 18.9 Å². The molecule has 0 N–H and O–H groups in total. The Bertz CT molecular complexity index is 323. The van der Waals surface area contributed by atoms with Crippen molar-refractivity contribution in [1.29, 1.82) is 0 Å². The van der Waals surface area contributed by atoms with Crippen molar-refractivity contribution in [3.63, 3.8) is 0 Å². The molecular formula is C13H18O4. The molecule has 4 nitrogen and oxygen atoms in total. The van der Waals surface area contributed by atoms with Crippen LogP contribution in [0.4, 0.5) is 0 Å². The van der Waals surface area contributed by atoms with Crippen molar-refractivity contribution in [3.05, 3.63) is 0 Å². The molecule has 0 aromatic rings. The number of hydrogen-bond donors (Lipinski definition) is 0. The summed E-state index contributed by atoms with van der Waals surface area (Å²) in [7, 11) is 1.65. The summed E-state index contributed by atoms with van der Waals surface area (Å²) in [6.45, 7) is 4.36. The van der Waals surface area contributed by atoms with E-state index in [0.717, 1.165) is 12.8 Å². The molecule has 0 atom stereocenters. The first-order valence-electron chi connectivity index (χ1n) is 5.68. The lowest BCUT2D eigenvalue weighted by Crippen LogP contribution is -2.35. The molecule has 94 valence electrons. The second-order valence-corrected chi connectivity index (χ2v) is 3.67. The van der Waals surface area contributed by atoms with E-state index in [1.807, 2.05) is 0 Å². The van der Waals surface area contributed by atoms with Gasteiger partial charge in [0.15, 0.2) is 0 Å². The summed E-state index contributed by atoms with van der Waals surface area (Å²) in [6.07, 6.45) is 4.24. The molecule has 1 saturated heterocycles. The van der Waals surface area contributed by atoms with Crippen LogP contribution in [0.15, 0.2) is 0 Å². The Morgan fingerprint density at radius 1 is 1.18 bits per heavy atom. The van der Waals surface area contributed by atoms with E-state index in [0.29, 0.717) is 26.4 Å². The molecule has 4 heteroatoms. The highest BCUT2D eigenvalue weighted by molar-refractivity contribution is 5.27. The fourth-order valence-electron chi connectivity index (χ4n) is 1.24. The SMILES string of the molecule is COCCCOC#CC#CC1(C)OCCCO1. The fourth-order valence-corrected chi connectivity index (χ4v) is 1.24. The van der Waals surface area contributed by atoms with Crippen LogP contribution >= 0.6 is 0 Å². The van der Waals surface area contributed by atoms with Gasteiger partial charge in [-0.1, -0.05) is 0 Å². The minimum Gasteiger partial charge on any atom is -0.446 e. The third-order valence-electron chi connectivity index (χ3n) is 2.11. The molecule has 0 radical (unpaired) electrons. The van der Waals surface area contributed by atoms with Crippen LogP contribution in [0.2, 0.25) is 0 Å². The summed E-state index contributed by atoms with van der Waals surface area (Å²) in [6, 6.07) is 0. The zero-order valence-corrected chi connectivity index (χ0v) is 10.4. The molecule has 0 spiro atoms. The number of ether oxygens (including phenoxy) is 4. The van der Waals surface area contributed by atoms with E-state index in [1.165, 1.54) is 0 Å². The van der Waals surface area contributed by atoms with Gasteiger partial charge in [0.25, 0.3) is 0 Å². The first-order valence-corrected chi connectivity index (χ1v) is 5.68. The summed E-state index contributed by atoms with van der Waals surface area (Å²) < 4.78 is 20.7. The smallest absolute Gasteiger partial charge is 0.231 e. The molecule has 1 heterocycles. The van der Waals surface area contributed by atoms with Crippen LogP contribution in [0.1, 0.15) is 19.8 Å². The topological polar surface area (TPSA) is 36.9 Å². The standard InChI is InChI=1S/C13H18O4/c1-13(16-11-6-12-17-13)7-3-4-9-15-10-5-8-14-2/h5-6,8,10-12H2,1-2H3. The maximum Gasteiger partial charge on any atom is 0.231 e. The highest BCUT2D eigenvalue weighted by atomic mass is 16.7. The van der Waals surface area contributed by atoms with E-state index in [2.05, 4.69) is 23.9 Å². The predicted octanol–water partition coefficient (Wildman–Crippen LogP) is 1.16. The van der Waals surface area contributed by atoms with Gasteiger partial charge in [0.2, 0.25) is 5.79 Å². The molecule has 17 heavy (non-hydrogen) atoms. The lowest BCUT2D eigenvalue weighted by atomic mass is 10.3. The monoisotopic (exact) mass is 238 g/mol. The maximum absolute atomic E-state index is 5.40. The zero-order chi connectivity index (χ0) is 12.4. The third-order valence-corrected chi connectivity index (χ3v) is 2.11. The van der Waals surface area contributed by atoms with E-state index < -0.39 is 5.79 Å². The van der Waals surface area contributed by atoms with Crippen LogP contribution in [0.5, 0.6) is 0 Å². The highest BCUT2D eigenvalue weighted by Crippen LogP contribution is 2.16. The van der Waals surface area contributed by atoms with Gasteiger partial charge < -0.3 is 18.9 Å². The van der Waals surface area contributed by atoms with Crippen LogP contribution in [0, 0.1) is 23.9 Å². The summed E-state index contributed by atoms with van der Waals surface area (Å²) in [5.41, 5.74) is 0. The van der Waals surface area contributed by atoms with Gasteiger partial charge in [-0.15, -0.1) is 0 Å². The van der Waals surface area contributed by atoms with E-state index >= 15 is 0 Å². The molecule has 1 aliphatic rings. The normalized spacial score (nSPS) is 17.3. The molecule has 0 aromatic carbocycles. The van der Waals surface area contributed by atoms with Crippen LogP contribution in [-0.4, -0.2) is 39.3 Å². The van der Waals surface area contributed by atoms with Crippen molar-refractivity contribution in [1.82, 2.24) is 0 Å². The maximum atomic E-state index is 5.40. The van der Waals surface area contributed by atoms with Crippen LogP contribution in [0.3, 0.4) is 0 Å². The molecule has 0 saturated carbocycles. The van der Waals surface area contributed by atoms with Gasteiger partial charge in [0.1, 0.15) is 12.7 Å². The van der Waals surface area contributed by atoms with Gasteiger partial charge in [0, 0.05) is 33.0 Å². The Morgan fingerprint density at radius 3 is 2.65 bits per heavy atom. The first kappa shape index (κ1) is 13.9. The summed E-state index contributed by atoms with van der Waals surface area (Å²) in [5, 5.41) is 0.